The van der Waals surface area contributed by atoms with E-state index < -0.39 is 0 Å². The van der Waals surface area contributed by atoms with Crippen LogP contribution in [0.5, 0.6) is 0 Å². The van der Waals surface area contributed by atoms with E-state index in [1.807, 2.05) is 12.1 Å². The van der Waals surface area contributed by atoms with E-state index in [9.17, 15) is 9.59 Å². The van der Waals surface area contributed by atoms with Gasteiger partial charge in [0.05, 0.1) is 6.10 Å². The number of hydrogen-bond acceptors (Lipinski definition) is 5. The number of aromatic nitrogens is 2. The van der Waals surface area contributed by atoms with Crippen molar-refractivity contribution in [2.45, 2.75) is 25.5 Å². The van der Waals surface area contributed by atoms with Crippen LogP contribution in [0.1, 0.15) is 39.3 Å². The number of hydrogen-bond donors (Lipinski definition) is 2. The van der Waals surface area contributed by atoms with Crippen molar-refractivity contribution in [2.75, 3.05) is 13.2 Å². The van der Waals surface area contributed by atoms with Gasteiger partial charge in [0.15, 0.2) is 0 Å². The quantitative estimate of drug-likeness (QED) is 0.827. The van der Waals surface area contributed by atoms with Gasteiger partial charge in [0, 0.05) is 43.9 Å². The number of carbonyl (C=O) groups is 2. The Morgan fingerprint density at radius 3 is 2.88 bits per heavy atom. The van der Waals surface area contributed by atoms with Crippen LogP contribution in [-0.4, -0.2) is 41.0 Å². The van der Waals surface area contributed by atoms with Gasteiger partial charge in [0.25, 0.3) is 11.8 Å². The fourth-order valence-corrected chi connectivity index (χ4v) is 2.59. The highest BCUT2D eigenvalue weighted by Crippen LogP contribution is 2.11. The Morgan fingerprint density at radius 1 is 1.20 bits per heavy atom. The molecule has 3 heterocycles. The number of nitrogens with zero attached hydrogens (tertiary/aromatic N) is 2. The first-order chi connectivity index (χ1) is 12.2. The molecule has 2 aromatic heterocycles. The second-order valence-corrected chi connectivity index (χ2v) is 5.82. The third kappa shape index (κ3) is 4.84. The van der Waals surface area contributed by atoms with E-state index in [2.05, 4.69) is 20.6 Å². The van der Waals surface area contributed by atoms with Crippen molar-refractivity contribution >= 4 is 11.8 Å². The minimum atomic E-state index is -0.308. The Labute approximate surface area is 145 Å². The molecule has 25 heavy (non-hydrogen) atoms. The first kappa shape index (κ1) is 17.0. The number of amides is 2. The highest BCUT2D eigenvalue weighted by atomic mass is 16.5. The molecular weight excluding hydrogens is 320 g/mol. The third-order valence-electron chi connectivity index (χ3n) is 3.94. The average molecular weight is 340 g/mol. The van der Waals surface area contributed by atoms with Gasteiger partial charge in [-0.25, -0.2) is 0 Å². The topological polar surface area (TPSA) is 93.2 Å². The molecule has 3 rings (SSSR count). The minimum absolute atomic E-state index is 0.0647. The van der Waals surface area contributed by atoms with E-state index in [-0.39, 0.29) is 23.6 Å². The van der Waals surface area contributed by atoms with E-state index in [4.69, 9.17) is 4.74 Å². The second-order valence-electron chi connectivity index (χ2n) is 5.82. The third-order valence-corrected chi connectivity index (χ3v) is 3.94. The van der Waals surface area contributed by atoms with Crippen molar-refractivity contribution in [3.63, 3.8) is 0 Å². The predicted octanol–water partition coefficient (Wildman–Crippen LogP) is 1.32. The summed E-state index contributed by atoms with van der Waals surface area (Å²) in [5, 5.41) is 5.60. The van der Waals surface area contributed by atoms with Crippen molar-refractivity contribution in [3.8, 4) is 0 Å². The molecule has 7 nitrogen and oxygen atoms in total. The number of pyridine rings is 2. The van der Waals surface area contributed by atoms with Crippen LogP contribution in [0.25, 0.3) is 0 Å². The maximum Gasteiger partial charge on any atom is 0.269 e. The predicted molar refractivity (Wildman–Crippen MR) is 91.0 cm³/mol. The molecule has 0 aromatic carbocycles. The Hall–Kier alpha value is -2.80. The lowest BCUT2D eigenvalue weighted by Crippen LogP contribution is -2.32. The molecular formula is C18H20N4O3. The number of ether oxygens (including phenoxy) is 1. The molecule has 7 heteroatoms. The molecule has 0 radical (unpaired) electrons. The van der Waals surface area contributed by atoms with Crippen LogP contribution in [0.3, 0.4) is 0 Å². The molecule has 2 N–H and O–H groups in total. The molecule has 1 unspecified atom stereocenters. The van der Waals surface area contributed by atoms with Gasteiger partial charge in [0.1, 0.15) is 5.69 Å². The summed E-state index contributed by atoms with van der Waals surface area (Å²) < 4.78 is 5.47. The number of nitrogens with one attached hydrogen (secondary N) is 2. The maximum absolute atomic E-state index is 12.2. The first-order valence-electron chi connectivity index (χ1n) is 8.25. The Balaban J connectivity index is 1.56. The van der Waals surface area contributed by atoms with E-state index >= 15 is 0 Å². The maximum atomic E-state index is 12.2. The fourth-order valence-electron chi connectivity index (χ4n) is 2.59. The van der Waals surface area contributed by atoms with Gasteiger partial charge in [-0.15, -0.1) is 0 Å². The summed E-state index contributed by atoms with van der Waals surface area (Å²) in [4.78, 5) is 32.5. The lowest BCUT2D eigenvalue weighted by molar-refractivity contribution is 0.0853. The van der Waals surface area contributed by atoms with Gasteiger partial charge >= 0.3 is 0 Å². The van der Waals surface area contributed by atoms with Gasteiger partial charge in [-0.1, -0.05) is 6.07 Å². The normalized spacial score (nSPS) is 16.4. The molecule has 0 bridgehead atoms. The molecule has 2 amide bonds. The van der Waals surface area contributed by atoms with Crippen LogP contribution < -0.4 is 10.6 Å². The van der Waals surface area contributed by atoms with E-state index in [1.165, 1.54) is 12.3 Å². The van der Waals surface area contributed by atoms with Crippen LogP contribution in [-0.2, 0) is 11.3 Å². The zero-order valence-corrected chi connectivity index (χ0v) is 13.8. The first-order valence-corrected chi connectivity index (χ1v) is 8.25. The summed E-state index contributed by atoms with van der Waals surface area (Å²) in [6.45, 7) is 1.57. The summed E-state index contributed by atoms with van der Waals surface area (Å²) in [7, 11) is 0. The van der Waals surface area contributed by atoms with E-state index in [0.29, 0.717) is 18.7 Å². The van der Waals surface area contributed by atoms with Gasteiger partial charge in [-0.05, 0) is 36.6 Å². The molecule has 0 aliphatic carbocycles. The number of rotatable bonds is 6. The molecule has 1 aliphatic rings. The molecule has 1 fully saturated rings. The SMILES string of the molecule is O=C(NCc1cccnc1)c1ccnc(C(=O)NCC2CCCO2)c1. The Bertz CT molecular complexity index is 730. The minimum Gasteiger partial charge on any atom is -0.376 e. The number of carbonyl (C=O) groups excluding carboxylic acids is 2. The van der Waals surface area contributed by atoms with Gasteiger partial charge < -0.3 is 15.4 Å². The molecule has 0 spiro atoms. The van der Waals surface area contributed by atoms with Gasteiger partial charge in [-0.3, -0.25) is 19.6 Å². The van der Waals surface area contributed by atoms with Gasteiger partial charge in [0.2, 0.25) is 0 Å². The smallest absolute Gasteiger partial charge is 0.269 e. The second kappa shape index (κ2) is 8.34. The highest BCUT2D eigenvalue weighted by molar-refractivity contribution is 5.98. The molecule has 1 aliphatic heterocycles. The largest absolute Gasteiger partial charge is 0.376 e. The summed E-state index contributed by atoms with van der Waals surface area (Å²) in [6, 6.07) is 6.76. The Morgan fingerprint density at radius 2 is 2.12 bits per heavy atom. The van der Waals surface area contributed by atoms with E-state index in [1.54, 1.807) is 18.5 Å². The van der Waals surface area contributed by atoms with Crippen molar-refractivity contribution in [1.82, 2.24) is 20.6 Å². The molecule has 130 valence electrons. The molecule has 1 atom stereocenters. The average Bonchev–Trinajstić information content (AvgIpc) is 3.18. The summed E-state index contributed by atoms with van der Waals surface area (Å²) in [5.41, 5.74) is 1.51. The molecule has 2 aromatic rings. The van der Waals surface area contributed by atoms with Crippen LogP contribution in [0.2, 0.25) is 0 Å². The summed E-state index contributed by atoms with van der Waals surface area (Å²) in [6.07, 6.45) is 6.86. The Kier molecular flexibility index (Phi) is 5.69. The zero-order valence-electron chi connectivity index (χ0n) is 13.8. The van der Waals surface area contributed by atoms with Crippen molar-refractivity contribution in [1.29, 1.82) is 0 Å². The van der Waals surface area contributed by atoms with Crippen molar-refractivity contribution in [3.05, 3.63) is 59.7 Å². The van der Waals surface area contributed by atoms with Crippen LogP contribution in [0, 0.1) is 0 Å². The van der Waals surface area contributed by atoms with Crippen LogP contribution in [0.15, 0.2) is 42.9 Å². The van der Waals surface area contributed by atoms with Crippen molar-refractivity contribution in [2.24, 2.45) is 0 Å². The lowest BCUT2D eigenvalue weighted by Gasteiger charge is -2.11. The highest BCUT2D eigenvalue weighted by Gasteiger charge is 2.17. The van der Waals surface area contributed by atoms with Crippen molar-refractivity contribution < 1.29 is 14.3 Å². The molecule has 0 saturated carbocycles. The monoisotopic (exact) mass is 340 g/mol. The zero-order chi connectivity index (χ0) is 17.5. The van der Waals surface area contributed by atoms with Crippen LogP contribution >= 0.6 is 0 Å². The fraction of sp³-hybridized carbons (Fsp3) is 0.333. The van der Waals surface area contributed by atoms with E-state index in [0.717, 1.165) is 25.0 Å². The molecule has 1 saturated heterocycles. The van der Waals surface area contributed by atoms with Gasteiger partial charge in [-0.2, -0.15) is 0 Å². The summed E-state index contributed by atoms with van der Waals surface area (Å²) in [5.74, 6) is -0.572. The van der Waals surface area contributed by atoms with Crippen LogP contribution in [0.4, 0.5) is 0 Å². The standard InChI is InChI=1S/C18H20N4O3/c23-17(21-11-13-3-1-6-19-10-13)14-5-7-20-16(9-14)18(24)22-12-15-4-2-8-25-15/h1,3,5-7,9-10,15H,2,4,8,11-12H2,(H,21,23)(H,22,24). The lowest BCUT2D eigenvalue weighted by atomic mass is 10.2. The summed E-state index contributed by atoms with van der Waals surface area (Å²) >= 11 is 0.